The molecule has 0 aliphatic rings. The third-order valence-electron chi connectivity index (χ3n) is 5.12. The Kier molecular flexibility index (Phi) is 7.79. The number of carbonyl (C=O) groups excluding carboxylic acids is 1. The highest BCUT2D eigenvalue weighted by molar-refractivity contribution is 5.81. The molecular weight excluding hydrogens is 421 g/mol. The van der Waals surface area contributed by atoms with Gasteiger partial charge < -0.3 is 14.8 Å². The number of methoxy groups -OCH3 is 1. The maximum Gasteiger partial charge on any atom is 0.246 e. The van der Waals surface area contributed by atoms with Crippen molar-refractivity contribution >= 4 is 16.8 Å². The summed E-state index contributed by atoms with van der Waals surface area (Å²) in [5, 5.41) is 8.25. The Labute approximate surface area is 192 Å². The van der Waals surface area contributed by atoms with Gasteiger partial charge >= 0.3 is 0 Å². The molecule has 0 saturated carbocycles. The molecule has 1 aromatic heterocycles. The third-order valence-corrected chi connectivity index (χ3v) is 5.12. The molecule has 4 aromatic rings. The minimum Gasteiger partial charge on any atom is -0.484 e. The molecule has 1 heterocycles. The maximum absolute atomic E-state index is 13.3. The van der Waals surface area contributed by atoms with Crippen LogP contribution in [-0.4, -0.2) is 35.4 Å². The quantitative estimate of drug-likeness (QED) is 0.408. The molecule has 3 aromatic carbocycles. The molecule has 1 amide bonds. The zero-order valence-electron chi connectivity index (χ0n) is 17.9. The minimum atomic E-state index is -0.401. The lowest BCUT2D eigenvalue weighted by Gasteiger charge is -2.26. The van der Waals surface area contributed by atoms with Crippen molar-refractivity contribution in [1.82, 2.24) is 15.1 Å². The second kappa shape index (κ2) is 10.7. The maximum atomic E-state index is 13.3. The molecule has 0 saturated heterocycles. The molecule has 1 N–H and O–H groups in total. The lowest BCUT2D eigenvalue weighted by atomic mass is 10.0. The first-order chi connectivity index (χ1) is 15.5. The Morgan fingerprint density at radius 1 is 1.09 bits per heavy atom. The van der Waals surface area contributed by atoms with Crippen LogP contribution in [0.15, 0.2) is 79.0 Å². The summed E-state index contributed by atoms with van der Waals surface area (Å²) in [6.45, 7) is 1.89. The molecule has 0 aliphatic heterocycles. The Bertz CT molecular complexity index is 1190. The number of halogens is 1. The first-order valence-corrected chi connectivity index (χ1v) is 10.3. The van der Waals surface area contributed by atoms with Crippen molar-refractivity contribution in [3.05, 3.63) is 90.4 Å². The number of benzene rings is 3. The Morgan fingerprint density at radius 2 is 1.82 bits per heavy atom. The van der Waals surface area contributed by atoms with Crippen molar-refractivity contribution in [3.63, 3.8) is 0 Å². The van der Waals surface area contributed by atoms with Crippen LogP contribution in [0, 0.1) is 5.82 Å². The lowest BCUT2D eigenvalue weighted by Crippen LogP contribution is -2.40. The monoisotopic (exact) mass is 449 g/mol. The molecule has 0 fully saturated rings. The summed E-state index contributed by atoms with van der Waals surface area (Å²) in [6.07, 6.45) is 1.34. The normalized spacial score (nSPS) is 12.6. The minimum absolute atomic E-state index is 0. The van der Waals surface area contributed by atoms with Crippen LogP contribution in [0.4, 0.5) is 4.39 Å². The van der Waals surface area contributed by atoms with Crippen LogP contribution in [-0.2, 0) is 9.53 Å². The van der Waals surface area contributed by atoms with Crippen molar-refractivity contribution in [2.24, 2.45) is 0 Å². The Morgan fingerprint density at radius 3 is 2.52 bits per heavy atom. The van der Waals surface area contributed by atoms with Gasteiger partial charge in [-0.15, -0.1) is 0 Å². The van der Waals surface area contributed by atoms with E-state index in [1.807, 2.05) is 55.5 Å². The van der Waals surface area contributed by atoms with Gasteiger partial charge in [0.25, 0.3) is 0 Å². The molecule has 7 heteroatoms. The molecule has 0 spiro atoms. The summed E-state index contributed by atoms with van der Waals surface area (Å²) in [6, 6.07) is 21.3. The summed E-state index contributed by atoms with van der Waals surface area (Å²) >= 11 is 0. The highest BCUT2D eigenvalue weighted by atomic mass is 19.1. The average molecular weight is 450 g/mol. The lowest BCUT2D eigenvalue weighted by molar-refractivity contribution is -0.126. The van der Waals surface area contributed by atoms with Crippen LogP contribution >= 0.6 is 0 Å². The van der Waals surface area contributed by atoms with E-state index >= 15 is 0 Å². The van der Waals surface area contributed by atoms with E-state index in [0.717, 1.165) is 22.2 Å². The molecule has 0 aliphatic carbocycles. The van der Waals surface area contributed by atoms with Crippen LogP contribution in [0.2, 0.25) is 0 Å². The summed E-state index contributed by atoms with van der Waals surface area (Å²) < 4.78 is 26.3. The highest BCUT2D eigenvalue weighted by Gasteiger charge is 2.23. The number of nitrogens with one attached hydrogen (secondary N) is 1. The van der Waals surface area contributed by atoms with Crippen LogP contribution in [0.5, 0.6) is 5.75 Å². The van der Waals surface area contributed by atoms with E-state index in [-0.39, 0.29) is 31.8 Å². The molecule has 0 radical (unpaired) electrons. The van der Waals surface area contributed by atoms with Gasteiger partial charge in [-0.2, -0.15) is 5.10 Å². The van der Waals surface area contributed by atoms with E-state index in [1.165, 1.54) is 19.2 Å². The topological polar surface area (TPSA) is 65.4 Å². The Balaban J connectivity index is 0.00000306. The van der Waals surface area contributed by atoms with E-state index in [1.54, 1.807) is 23.0 Å². The van der Waals surface area contributed by atoms with Gasteiger partial charge in [0.05, 0.1) is 23.4 Å². The van der Waals surface area contributed by atoms with Crippen molar-refractivity contribution in [2.75, 3.05) is 13.7 Å². The second-order valence-electron chi connectivity index (χ2n) is 7.49. The average Bonchev–Trinajstić information content (AvgIpc) is 3.22. The molecule has 2 atom stereocenters. The van der Waals surface area contributed by atoms with Crippen molar-refractivity contribution in [1.29, 1.82) is 0 Å². The number of rotatable bonds is 8. The number of hydrogen-bond donors (Lipinski definition) is 1. The van der Waals surface area contributed by atoms with Gasteiger partial charge in [-0.3, -0.25) is 4.79 Å². The van der Waals surface area contributed by atoms with Gasteiger partial charge in [0.1, 0.15) is 24.3 Å². The molecular formula is C26H28FN3O3. The zero-order chi connectivity index (χ0) is 22.5. The SMILES string of the molecule is C.COCC(=O)N[C@@H](C)[C@H](Oc1ccc2c(cnn2-c2ccc(F)cc2)c1)c1ccccc1. The number of carbonyl (C=O) groups is 1. The first kappa shape index (κ1) is 23.9. The van der Waals surface area contributed by atoms with Crippen molar-refractivity contribution in [3.8, 4) is 11.4 Å². The van der Waals surface area contributed by atoms with Gasteiger partial charge in [-0.1, -0.05) is 37.8 Å². The number of hydrogen-bond acceptors (Lipinski definition) is 4. The van der Waals surface area contributed by atoms with E-state index in [0.29, 0.717) is 5.75 Å². The number of amides is 1. The summed E-state index contributed by atoms with van der Waals surface area (Å²) in [4.78, 5) is 12.0. The van der Waals surface area contributed by atoms with Gasteiger partial charge in [0.2, 0.25) is 5.91 Å². The molecule has 0 unspecified atom stereocenters. The molecule has 33 heavy (non-hydrogen) atoms. The predicted octanol–water partition coefficient (Wildman–Crippen LogP) is 5.07. The smallest absolute Gasteiger partial charge is 0.246 e. The fourth-order valence-corrected chi connectivity index (χ4v) is 3.62. The van der Waals surface area contributed by atoms with Crippen LogP contribution in [0.25, 0.3) is 16.6 Å². The van der Waals surface area contributed by atoms with Gasteiger partial charge in [0.15, 0.2) is 0 Å². The van der Waals surface area contributed by atoms with E-state index in [4.69, 9.17) is 9.47 Å². The zero-order valence-corrected chi connectivity index (χ0v) is 17.9. The number of ether oxygens (including phenoxy) is 2. The fraction of sp³-hybridized carbons (Fsp3) is 0.231. The number of fused-ring (bicyclic) bond motifs is 1. The molecule has 172 valence electrons. The summed E-state index contributed by atoms with van der Waals surface area (Å²) in [5.41, 5.74) is 2.59. The van der Waals surface area contributed by atoms with Gasteiger partial charge in [-0.25, -0.2) is 9.07 Å². The van der Waals surface area contributed by atoms with E-state index in [2.05, 4.69) is 10.4 Å². The third kappa shape index (κ3) is 5.56. The van der Waals surface area contributed by atoms with Crippen molar-refractivity contribution < 1.29 is 18.7 Å². The number of aromatic nitrogens is 2. The summed E-state index contributed by atoms with van der Waals surface area (Å²) in [5.74, 6) is 0.151. The van der Waals surface area contributed by atoms with Crippen molar-refractivity contribution in [2.45, 2.75) is 26.5 Å². The van der Waals surface area contributed by atoms with Crippen LogP contribution in [0.1, 0.15) is 26.0 Å². The standard InChI is InChI=1S/C25H24FN3O3.CH4/c1-17(28-24(30)16-31-2)25(18-6-4-3-5-7-18)32-22-12-13-23-19(14-22)15-27-29(23)21-10-8-20(26)9-11-21;/h3-15,17,25H,16H2,1-2H3,(H,28,30);1H4/t17-,25-;/m0./s1. The van der Waals surface area contributed by atoms with Gasteiger partial charge in [0, 0.05) is 12.5 Å². The van der Waals surface area contributed by atoms with E-state index < -0.39 is 6.10 Å². The highest BCUT2D eigenvalue weighted by Crippen LogP contribution is 2.29. The predicted molar refractivity (Wildman–Crippen MR) is 127 cm³/mol. The second-order valence-corrected chi connectivity index (χ2v) is 7.49. The van der Waals surface area contributed by atoms with Gasteiger partial charge in [-0.05, 0) is 55.0 Å². The molecule has 0 bridgehead atoms. The number of nitrogens with zero attached hydrogens (tertiary/aromatic N) is 2. The molecule has 6 nitrogen and oxygen atoms in total. The first-order valence-electron chi connectivity index (χ1n) is 10.3. The summed E-state index contributed by atoms with van der Waals surface area (Å²) in [7, 11) is 1.48. The Hall–Kier alpha value is -3.71. The van der Waals surface area contributed by atoms with Crippen LogP contribution in [0.3, 0.4) is 0 Å². The van der Waals surface area contributed by atoms with E-state index in [9.17, 15) is 9.18 Å². The molecule has 4 rings (SSSR count). The largest absolute Gasteiger partial charge is 0.484 e. The van der Waals surface area contributed by atoms with Crippen LogP contribution < -0.4 is 10.1 Å². The fourth-order valence-electron chi connectivity index (χ4n) is 3.62.